The summed E-state index contributed by atoms with van der Waals surface area (Å²) >= 11 is 1.59. The van der Waals surface area contributed by atoms with Crippen LogP contribution in [-0.4, -0.2) is 74.4 Å². The third-order valence-electron chi connectivity index (χ3n) is 11.0. The number of nitrogens with zero attached hydrogens (tertiary/aromatic N) is 4. The molecule has 4 amide bonds. The average molecular weight is 869 g/mol. The first-order valence-corrected chi connectivity index (χ1v) is 21.7. The number of hydrogen-bond donors (Lipinski definition) is 4. The number of carbonyl (C=O) groups is 4. The molecule has 0 aliphatic carbocycles. The van der Waals surface area contributed by atoms with Crippen molar-refractivity contribution in [2.24, 2.45) is 5.41 Å². The number of carbonyl (C=O) groups excluding carboxylic acids is 4. The minimum atomic E-state index is -0.851. The number of likely N-dealkylation sites (tertiary alicyclic amines) is 1. The van der Waals surface area contributed by atoms with E-state index in [2.05, 4.69) is 36.1 Å². The average Bonchev–Trinajstić information content (AvgIpc) is 4.08. The number of hydrogen-bond acceptors (Lipinski definition) is 10. The Bertz CT molecular complexity index is 2570. The van der Waals surface area contributed by atoms with Crippen LogP contribution in [0.5, 0.6) is 11.5 Å². The lowest BCUT2D eigenvalue weighted by molar-refractivity contribution is -0.144. The van der Waals surface area contributed by atoms with E-state index >= 15 is 0 Å². The molecule has 4 N–H and O–H groups in total. The summed E-state index contributed by atoms with van der Waals surface area (Å²) in [5.41, 5.74) is 7.76. The summed E-state index contributed by atoms with van der Waals surface area (Å²) in [6.07, 6.45) is 2.89. The summed E-state index contributed by atoms with van der Waals surface area (Å²) in [7, 11) is 1.51. The minimum Gasteiger partial charge on any atom is -0.494 e. The quantitative estimate of drug-likeness (QED) is 0.0805. The predicted molar refractivity (Wildman–Crippen MR) is 242 cm³/mol. The molecule has 3 aromatic carbocycles. The van der Waals surface area contributed by atoms with Crippen LogP contribution < -0.4 is 25.4 Å². The minimum absolute atomic E-state index is 0.0400. The van der Waals surface area contributed by atoms with Crippen LogP contribution in [-0.2, 0) is 27.4 Å². The molecule has 15 heteroatoms. The van der Waals surface area contributed by atoms with Crippen molar-refractivity contribution in [2.45, 2.75) is 78.6 Å². The van der Waals surface area contributed by atoms with Gasteiger partial charge in [-0.2, -0.15) is 5.10 Å². The van der Waals surface area contributed by atoms with Crippen molar-refractivity contribution in [3.8, 4) is 33.3 Å². The van der Waals surface area contributed by atoms with Crippen molar-refractivity contribution in [1.82, 2.24) is 35.7 Å². The number of ether oxygens (including phenoxy) is 2. The van der Waals surface area contributed by atoms with Crippen molar-refractivity contribution in [3.05, 3.63) is 131 Å². The van der Waals surface area contributed by atoms with Crippen LogP contribution in [0.1, 0.15) is 79.5 Å². The van der Waals surface area contributed by atoms with Crippen LogP contribution in [0.15, 0.2) is 103 Å². The molecule has 0 radical (unpaired) electrons. The van der Waals surface area contributed by atoms with Gasteiger partial charge in [0.05, 0.1) is 52.7 Å². The molecule has 7 rings (SSSR count). The number of rotatable bonds is 15. The standard InChI is InChI=1S/C48H52N8O6S/c1-29(33-15-17-34(18-16-33)43-30(2)49-28-63-43)51-46(59)40-14-9-23-56(40)47(60)44(48(3,4)5)54-42(57)25-31-10-7-11-32(24-31)27-62-35-19-20-38(41(26-35)61-6)53-45(58)39-13-8-12-36(52-39)37-21-22-50-55-37/h7-8,10-13,15-22,24,26,28-29,40,44H,9,14,23,25,27H2,1-6H3,(H,50,55)(H,51,59)(H,53,58)(H,54,57)/t29-,40-,44+/m0/s1. The summed E-state index contributed by atoms with van der Waals surface area (Å²) in [6.45, 7) is 10.3. The van der Waals surface area contributed by atoms with E-state index in [4.69, 9.17) is 9.47 Å². The molecule has 1 aliphatic heterocycles. The molecule has 1 aliphatic rings. The van der Waals surface area contributed by atoms with Crippen LogP contribution in [0.3, 0.4) is 0 Å². The van der Waals surface area contributed by atoms with Gasteiger partial charge in [0.1, 0.15) is 35.9 Å². The first kappa shape index (κ1) is 44.2. The first-order valence-electron chi connectivity index (χ1n) is 20.8. The number of aryl methyl sites for hydroxylation is 1. The zero-order valence-corrected chi connectivity index (χ0v) is 37.0. The molecule has 63 heavy (non-hydrogen) atoms. The van der Waals surface area contributed by atoms with Gasteiger partial charge in [0.25, 0.3) is 5.91 Å². The van der Waals surface area contributed by atoms with Crippen molar-refractivity contribution in [1.29, 1.82) is 0 Å². The van der Waals surface area contributed by atoms with Gasteiger partial charge in [-0.25, -0.2) is 9.97 Å². The maximum absolute atomic E-state index is 14.2. The number of thiazole rings is 1. The van der Waals surface area contributed by atoms with Crippen molar-refractivity contribution >= 4 is 40.7 Å². The molecular weight excluding hydrogens is 817 g/mol. The first-order chi connectivity index (χ1) is 30.3. The van der Waals surface area contributed by atoms with E-state index in [1.54, 1.807) is 64.9 Å². The third kappa shape index (κ3) is 10.8. The van der Waals surface area contributed by atoms with Gasteiger partial charge in [0, 0.05) is 18.8 Å². The number of nitrogens with one attached hydrogen (secondary N) is 4. The second-order valence-electron chi connectivity index (χ2n) is 16.7. The lowest BCUT2D eigenvalue weighted by atomic mass is 9.85. The van der Waals surface area contributed by atoms with Gasteiger partial charge in [-0.05, 0) is 84.7 Å². The highest BCUT2D eigenvalue weighted by atomic mass is 32.1. The van der Waals surface area contributed by atoms with E-state index in [0.29, 0.717) is 48.0 Å². The molecule has 1 fully saturated rings. The maximum atomic E-state index is 14.2. The van der Waals surface area contributed by atoms with Gasteiger partial charge in [0.15, 0.2) is 0 Å². The second-order valence-corrected chi connectivity index (χ2v) is 17.5. The number of anilines is 1. The highest BCUT2D eigenvalue weighted by Gasteiger charge is 2.42. The van der Waals surface area contributed by atoms with Gasteiger partial charge in [0.2, 0.25) is 17.7 Å². The zero-order valence-electron chi connectivity index (χ0n) is 36.2. The van der Waals surface area contributed by atoms with E-state index in [1.165, 1.54) is 7.11 Å². The molecule has 4 heterocycles. The zero-order chi connectivity index (χ0) is 44.7. The molecule has 0 bridgehead atoms. The molecule has 3 aromatic heterocycles. The lowest BCUT2D eigenvalue weighted by Crippen LogP contribution is -2.58. The monoisotopic (exact) mass is 868 g/mol. The molecule has 1 saturated heterocycles. The van der Waals surface area contributed by atoms with Crippen LogP contribution in [0.4, 0.5) is 5.69 Å². The van der Waals surface area contributed by atoms with Crippen LogP contribution >= 0.6 is 11.3 Å². The molecule has 14 nitrogen and oxygen atoms in total. The summed E-state index contributed by atoms with van der Waals surface area (Å²) in [6, 6.07) is 25.9. The van der Waals surface area contributed by atoms with E-state index in [1.807, 2.05) is 88.7 Å². The van der Waals surface area contributed by atoms with Crippen LogP contribution in [0.2, 0.25) is 0 Å². The number of methoxy groups -OCH3 is 1. The number of benzene rings is 3. The summed E-state index contributed by atoms with van der Waals surface area (Å²) in [5, 5.41) is 15.8. The van der Waals surface area contributed by atoms with Crippen molar-refractivity contribution < 1.29 is 28.7 Å². The topological polar surface area (TPSA) is 181 Å². The van der Waals surface area contributed by atoms with Gasteiger partial charge in [-0.15, -0.1) is 11.3 Å². The van der Waals surface area contributed by atoms with Gasteiger partial charge in [-0.1, -0.05) is 75.4 Å². The van der Waals surface area contributed by atoms with E-state index < -0.39 is 23.4 Å². The maximum Gasteiger partial charge on any atom is 0.274 e. The molecular formula is C48H52N8O6S. The Morgan fingerprint density at radius 1 is 0.952 bits per heavy atom. The van der Waals surface area contributed by atoms with Gasteiger partial charge < -0.3 is 30.3 Å². The summed E-state index contributed by atoms with van der Waals surface area (Å²) < 4.78 is 11.7. The second kappa shape index (κ2) is 19.5. The smallest absolute Gasteiger partial charge is 0.274 e. The van der Waals surface area contributed by atoms with Crippen LogP contribution in [0.25, 0.3) is 21.8 Å². The molecule has 0 saturated carbocycles. The molecule has 0 unspecified atom stereocenters. The normalized spacial score (nSPS) is 14.7. The van der Waals surface area contributed by atoms with Crippen molar-refractivity contribution in [3.63, 3.8) is 0 Å². The molecule has 326 valence electrons. The highest BCUT2D eigenvalue weighted by molar-refractivity contribution is 7.13. The number of amides is 4. The van der Waals surface area contributed by atoms with Gasteiger partial charge >= 0.3 is 0 Å². The van der Waals surface area contributed by atoms with Crippen LogP contribution in [0, 0.1) is 12.3 Å². The highest BCUT2D eigenvalue weighted by Crippen LogP contribution is 2.32. The predicted octanol–water partition coefficient (Wildman–Crippen LogP) is 7.69. The third-order valence-corrected chi connectivity index (χ3v) is 12.0. The summed E-state index contributed by atoms with van der Waals surface area (Å²) in [4.78, 5) is 66.2. The largest absolute Gasteiger partial charge is 0.494 e. The number of aromatic amines is 1. The SMILES string of the molecule is COc1cc(OCc2cccc(CC(=O)N[C@H](C(=O)N3CCC[C@H]3C(=O)N[C@@H](C)c3ccc(-c4scnc4C)cc3)C(C)(C)C)c2)ccc1NC(=O)c1cccc(-c2ccn[nH]2)n1. The Balaban J connectivity index is 0.932. The molecule has 6 aromatic rings. The van der Waals surface area contributed by atoms with Gasteiger partial charge in [-0.3, -0.25) is 24.3 Å². The number of aromatic nitrogens is 4. The fourth-order valence-electron chi connectivity index (χ4n) is 7.57. The Labute approximate surface area is 370 Å². The summed E-state index contributed by atoms with van der Waals surface area (Å²) in [5.74, 6) is -0.284. The van der Waals surface area contributed by atoms with Crippen molar-refractivity contribution in [2.75, 3.05) is 19.0 Å². The van der Waals surface area contributed by atoms with E-state index in [9.17, 15) is 19.2 Å². The molecule has 0 spiro atoms. The fraction of sp³-hybridized carbons (Fsp3) is 0.312. The Hall–Kier alpha value is -6.87. The van der Waals surface area contributed by atoms with E-state index in [0.717, 1.165) is 32.8 Å². The fourth-order valence-corrected chi connectivity index (χ4v) is 8.38. The Kier molecular flexibility index (Phi) is 13.6. The van der Waals surface area contributed by atoms with E-state index in [-0.39, 0.29) is 42.5 Å². The Morgan fingerprint density at radius 3 is 2.44 bits per heavy atom. The Morgan fingerprint density at radius 2 is 1.73 bits per heavy atom. The number of pyridine rings is 1. The number of H-pyrrole nitrogens is 1. The molecule has 3 atom stereocenters. The lowest BCUT2D eigenvalue weighted by Gasteiger charge is -2.35.